The maximum Gasteiger partial charge on any atom is 0.153 e. The molecule has 1 saturated carbocycles. The molecule has 0 saturated heterocycles. The van der Waals surface area contributed by atoms with Gasteiger partial charge in [-0.25, -0.2) is 4.98 Å². The van der Waals surface area contributed by atoms with E-state index in [4.69, 9.17) is 4.42 Å². The van der Waals surface area contributed by atoms with Gasteiger partial charge in [-0.2, -0.15) is 0 Å². The highest BCUT2D eigenvalue weighted by Gasteiger charge is 2.12. The van der Waals surface area contributed by atoms with Crippen LogP contribution in [0.5, 0.6) is 0 Å². The molecular weight excluding hydrogens is 268 g/mol. The predicted octanol–water partition coefficient (Wildman–Crippen LogP) is 4.26. The molecule has 20 heavy (non-hydrogen) atoms. The monoisotopic (exact) mass is 290 g/mol. The third kappa shape index (κ3) is 3.70. The lowest BCUT2D eigenvalue weighted by molar-refractivity contribution is 0.463. The SMILES string of the molecule is c1coc(-c2csc(CCNC3CCCCCC3)n2)c1. The quantitative estimate of drug-likeness (QED) is 0.836. The van der Waals surface area contributed by atoms with Crippen LogP contribution in [0, 0.1) is 0 Å². The number of hydrogen-bond donors (Lipinski definition) is 1. The van der Waals surface area contributed by atoms with Crippen LogP contribution in [-0.2, 0) is 6.42 Å². The van der Waals surface area contributed by atoms with E-state index >= 15 is 0 Å². The maximum atomic E-state index is 5.37. The maximum absolute atomic E-state index is 5.37. The Morgan fingerprint density at radius 2 is 2.10 bits per heavy atom. The van der Waals surface area contributed by atoms with Crippen LogP contribution in [-0.4, -0.2) is 17.6 Å². The molecule has 108 valence electrons. The number of thiazole rings is 1. The smallest absolute Gasteiger partial charge is 0.153 e. The molecular formula is C16H22N2OS. The Morgan fingerprint density at radius 1 is 1.25 bits per heavy atom. The first-order valence-electron chi connectivity index (χ1n) is 7.63. The number of rotatable bonds is 5. The predicted molar refractivity (Wildman–Crippen MR) is 83.0 cm³/mol. The summed E-state index contributed by atoms with van der Waals surface area (Å²) >= 11 is 1.73. The Labute approximate surface area is 124 Å². The highest BCUT2D eigenvalue weighted by molar-refractivity contribution is 7.09. The van der Waals surface area contributed by atoms with Crippen molar-refractivity contribution < 1.29 is 4.42 Å². The van der Waals surface area contributed by atoms with Gasteiger partial charge in [-0.05, 0) is 25.0 Å². The van der Waals surface area contributed by atoms with Crippen LogP contribution in [0.3, 0.4) is 0 Å². The second kappa shape index (κ2) is 7.04. The Kier molecular flexibility index (Phi) is 4.87. The molecule has 0 atom stereocenters. The molecule has 0 aliphatic heterocycles. The molecule has 1 aliphatic rings. The number of aromatic nitrogens is 1. The zero-order valence-corrected chi connectivity index (χ0v) is 12.6. The largest absolute Gasteiger partial charge is 0.463 e. The van der Waals surface area contributed by atoms with Crippen molar-refractivity contribution in [2.45, 2.75) is 51.0 Å². The summed E-state index contributed by atoms with van der Waals surface area (Å²) < 4.78 is 5.37. The number of nitrogens with zero attached hydrogens (tertiary/aromatic N) is 1. The van der Waals surface area contributed by atoms with Gasteiger partial charge in [0.25, 0.3) is 0 Å². The summed E-state index contributed by atoms with van der Waals surface area (Å²) in [6.07, 6.45) is 11.0. The number of hydrogen-bond acceptors (Lipinski definition) is 4. The summed E-state index contributed by atoms with van der Waals surface area (Å²) in [5.74, 6) is 0.865. The normalized spacial score (nSPS) is 17.2. The molecule has 0 aromatic carbocycles. The summed E-state index contributed by atoms with van der Waals surface area (Å²) in [7, 11) is 0. The van der Waals surface area contributed by atoms with Crippen LogP contribution in [0.2, 0.25) is 0 Å². The first-order valence-corrected chi connectivity index (χ1v) is 8.51. The van der Waals surface area contributed by atoms with Gasteiger partial charge < -0.3 is 9.73 Å². The summed E-state index contributed by atoms with van der Waals surface area (Å²) in [5.41, 5.74) is 0.962. The zero-order chi connectivity index (χ0) is 13.6. The molecule has 1 N–H and O–H groups in total. The summed E-state index contributed by atoms with van der Waals surface area (Å²) in [6.45, 7) is 1.04. The Morgan fingerprint density at radius 3 is 2.85 bits per heavy atom. The molecule has 0 amide bonds. The molecule has 2 aromatic heterocycles. The van der Waals surface area contributed by atoms with Crippen molar-refractivity contribution in [3.63, 3.8) is 0 Å². The van der Waals surface area contributed by atoms with Crippen LogP contribution in [0.4, 0.5) is 0 Å². The summed E-state index contributed by atoms with van der Waals surface area (Å²) in [5, 5.41) is 6.97. The van der Waals surface area contributed by atoms with E-state index in [0.717, 1.165) is 30.5 Å². The van der Waals surface area contributed by atoms with Crippen LogP contribution in [0.25, 0.3) is 11.5 Å². The minimum Gasteiger partial charge on any atom is -0.463 e. The average molecular weight is 290 g/mol. The first kappa shape index (κ1) is 13.8. The molecule has 0 unspecified atom stereocenters. The van der Waals surface area contributed by atoms with Gasteiger partial charge in [0.15, 0.2) is 5.76 Å². The van der Waals surface area contributed by atoms with Gasteiger partial charge in [-0.3, -0.25) is 0 Å². The van der Waals surface area contributed by atoms with Crippen molar-refractivity contribution in [2.75, 3.05) is 6.54 Å². The van der Waals surface area contributed by atoms with Crippen molar-refractivity contribution in [3.8, 4) is 11.5 Å². The third-order valence-electron chi connectivity index (χ3n) is 3.95. The minimum absolute atomic E-state index is 0.724. The molecule has 0 spiro atoms. The average Bonchev–Trinajstić information content (AvgIpc) is 3.07. The zero-order valence-electron chi connectivity index (χ0n) is 11.8. The lowest BCUT2D eigenvalue weighted by Gasteiger charge is -2.15. The van der Waals surface area contributed by atoms with Crippen LogP contribution in [0.1, 0.15) is 43.5 Å². The van der Waals surface area contributed by atoms with Gasteiger partial charge >= 0.3 is 0 Å². The van der Waals surface area contributed by atoms with Crippen molar-refractivity contribution >= 4 is 11.3 Å². The van der Waals surface area contributed by atoms with Gasteiger partial charge in [-0.15, -0.1) is 11.3 Å². The minimum atomic E-state index is 0.724. The van der Waals surface area contributed by atoms with Crippen LogP contribution >= 0.6 is 11.3 Å². The van der Waals surface area contributed by atoms with Gasteiger partial charge in [0.1, 0.15) is 5.69 Å². The molecule has 2 heterocycles. The Balaban J connectivity index is 1.46. The van der Waals surface area contributed by atoms with Gasteiger partial charge in [-0.1, -0.05) is 25.7 Å². The van der Waals surface area contributed by atoms with Gasteiger partial charge in [0.2, 0.25) is 0 Å². The van der Waals surface area contributed by atoms with E-state index in [-0.39, 0.29) is 0 Å². The van der Waals surface area contributed by atoms with Crippen molar-refractivity contribution in [1.29, 1.82) is 0 Å². The fourth-order valence-corrected chi connectivity index (χ4v) is 3.62. The van der Waals surface area contributed by atoms with E-state index in [9.17, 15) is 0 Å². The highest BCUT2D eigenvalue weighted by Crippen LogP contribution is 2.22. The number of furan rings is 1. The van der Waals surface area contributed by atoms with Crippen molar-refractivity contribution in [1.82, 2.24) is 10.3 Å². The number of nitrogens with one attached hydrogen (secondary N) is 1. The molecule has 0 radical (unpaired) electrons. The second-order valence-corrected chi connectivity index (χ2v) is 6.44. The van der Waals surface area contributed by atoms with Crippen LogP contribution < -0.4 is 5.32 Å². The van der Waals surface area contributed by atoms with E-state index in [0.29, 0.717) is 0 Å². The molecule has 1 fully saturated rings. The summed E-state index contributed by atoms with van der Waals surface area (Å²) in [4.78, 5) is 4.64. The summed E-state index contributed by atoms with van der Waals surface area (Å²) in [6, 6.07) is 4.59. The Bertz CT molecular complexity index is 498. The van der Waals surface area contributed by atoms with Gasteiger partial charge in [0.05, 0.1) is 11.3 Å². The Hall–Kier alpha value is -1.13. The lowest BCUT2D eigenvalue weighted by Crippen LogP contribution is -2.30. The van der Waals surface area contributed by atoms with E-state index in [2.05, 4.69) is 15.7 Å². The molecule has 3 nitrogen and oxygen atoms in total. The van der Waals surface area contributed by atoms with E-state index in [1.54, 1.807) is 17.6 Å². The van der Waals surface area contributed by atoms with Gasteiger partial charge in [0, 0.05) is 24.4 Å². The highest BCUT2D eigenvalue weighted by atomic mass is 32.1. The van der Waals surface area contributed by atoms with E-state index < -0.39 is 0 Å². The molecule has 4 heteroatoms. The topological polar surface area (TPSA) is 38.1 Å². The third-order valence-corrected chi connectivity index (χ3v) is 4.86. The second-order valence-electron chi connectivity index (χ2n) is 5.50. The molecule has 0 bridgehead atoms. The molecule has 3 rings (SSSR count). The molecule has 1 aliphatic carbocycles. The van der Waals surface area contributed by atoms with Crippen LogP contribution in [0.15, 0.2) is 28.2 Å². The standard InChI is InChI=1S/C16H22N2OS/c1-2-4-7-13(6-3-1)17-10-9-16-18-14(12-20-16)15-8-5-11-19-15/h5,8,11-13,17H,1-4,6-7,9-10H2. The molecule has 2 aromatic rings. The fraction of sp³-hybridized carbons (Fsp3) is 0.562. The van der Waals surface area contributed by atoms with Crippen molar-refractivity contribution in [3.05, 3.63) is 28.8 Å². The first-order chi connectivity index (χ1) is 9.92. The fourth-order valence-electron chi connectivity index (χ4n) is 2.83. The van der Waals surface area contributed by atoms with Crippen molar-refractivity contribution in [2.24, 2.45) is 0 Å². The van der Waals surface area contributed by atoms with E-state index in [1.165, 1.54) is 43.5 Å². The lowest BCUT2D eigenvalue weighted by atomic mass is 10.1. The van der Waals surface area contributed by atoms with E-state index in [1.807, 2.05) is 12.1 Å².